The zero-order chi connectivity index (χ0) is 24.6. The van der Waals surface area contributed by atoms with Gasteiger partial charge in [0.2, 0.25) is 0 Å². The van der Waals surface area contributed by atoms with E-state index in [0.29, 0.717) is 29.4 Å². The van der Waals surface area contributed by atoms with Crippen LogP contribution in [-0.2, 0) is 6.42 Å². The maximum Gasteiger partial charge on any atom is 0.279 e. The Kier molecular flexibility index (Phi) is 7.80. The number of rotatable bonds is 11. The van der Waals surface area contributed by atoms with Crippen molar-refractivity contribution in [2.75, 3.05) is 6.61 Å². The number of para-hydroxylation sites is 1. The molecule has 0 aliphatic heterocycles. The van der Waals surface area contributed by atoms with Crippen LogP contribution in [0, 0.1) is 0 Å². The molecule has 180 valence electrons. The summed E-state index contributed by atoms with van der Waals surface area (Å²) in [4.78, 5) is 27.9. The van der Waals surface area contributed by atoms with E-state index in [1.807, 2.05) is 60.9 Å². The lowest BCUT2D eigenvalue weighted by atomic mass is 10.0. The van der Waals surface area contributed by atoms with Crippen molar-refractivity contribution in [3.05, 3.63) is 87.3 Å². The normalized spacial score (nSPS) is 12.7. The molecule has 2 heterocycles. The van der Waals surface area contributed by atoms with Gasteiger partial charge in [0, 0.05) is 11.0 Å². The van der Waals surface area contributed by atoms with Crippen molar-refractivity contribution in [1.29, 1.82) is 0 Å². The zero-order valence-corrected chi connectivity index (χ0v) is 20.0. The average Bonchev–Trinajstić information content (AvgIpc) is 3.30. The Morgan fingerprint density at radius 1 is 1.17 bits per heavy atom. The highest BCUT2D eigenvalue weighted by atomic mass is 16.5. The van der Waals surface area contributed by atoms with E-state index in [0.717, 1.165) is 25.7 Å². The lowest BCUT2D eigenvalue weighted by Gasteiger charge is -2.22. The number of nitrogens with one attached hydrogen (secondary N) is 1. The van der Waals surface area contributed by atoms with Gasteiger partial charge in [0.25, 0.3) is 5.56 Å². The minimum Gasteiger partial charge on any atom is -0.493 e. The van der Waals surface area contributed by atoms with Crippen LogP contribution in [0.5, 0.6) is 5.75 Å². The highest BCUT2D eigenvalue weighted by molar-refractivity contribution is 5.74. The van der Waals surface area contributed by atoms with Gasteiger partial charge in [-0.25, -0.2) is 9.97 Å². The Labute approximate surface area is 203 Å². The second-order valence-corrected chi connectivity index (χ2v) is 8.47. The van der Waals surface area contributed by atoms with E-state index < -0.39 is 0 Å². The van der Waals surface area contributed by atoms with E-state index in [9.17, 15) is 4.79 Å². The van der Waals surface area contributed by atoms with Gasteiger partial charge in [0.05, 0.1) is 24.5 Å². The van der Waals surface area contributed by atoms with Gasteiger partial charge in [-0.05, 0) is 48.9 Å². The zero-order valence-electron chi connectivity index (χ0n) is 20.0. The van der Waals surface area contributed by atoms with Crippen molar-refractivity contribution in [2.45, 2.75) is 51.6 Å². The van der Waals surface area contributed by atoms with Gasteiger partial charge in [-0.2, -0.15) is 0 Å². The molecule has 1 N–H and O–H groups in total. The number of H-pyrrole nitrogens is 1. The van der Waals surface area contributed by atoms with E-state index in [4.69, 9.17) is 15.3 Å². The molecule has 9 heteroatoms. The van der Waals surface area contributed by atoms with E-state index >= 15 is 0 Å². The van der Waals surface area contributed by atoms with Crippen molar-refractivity contribution in [3.8, 4) is 17.1 Å². The third-order valence-corrected chi connectivity index (χ3v) is 5.99. The van der Waals surface area contributed by atoms with Crippen LogP contribution in [0.15, 0.2) is 70.8 Å². The molecular formula is C26H29N7O2. The molecule has 2 aromatic carbocycles. The monoisotopic (exact) mass is 471 g/mol. The molecule has 2 atom stereocenters. The van der Waals surface area contributed by atoms with Gasteiger partial charge in [-0.3, -0.25) is 4.79 Å². The van der Waals surface area contributed by atoms with Crippen LogP contribution in [0.1, 0.15) is 44.7 Å². The summed E-state index contributed by atoms with van der Waals surface area (Å²) < 4.78 is 7.75. The first-order valence-corrected chi connectivity index (χ1v) is 11.9. The number of imidazole rings is 1. The molecule has 35 heavy (non-hydrogen) atoms. The summed E-state index contributed by atoms with van der Waals surface area (Å²) in [5.74, 6) is 1.07. The molecule has 2 unspecified atom stereocenters. The van der Waals surface area contributed by atoms with Gasteiger partial charge in [0.1, 0.15) is 11.6 Å². The van der Waals surface area contributed by atoms with Crippen LogP contribution in [0.2, 0.25) is 0 Å². The van der Waals surface area contributed by atoms with E-state index in [1.165, 1.54) is 5.56 Å². The van der Waals surface area contributed by atoms with Crippen LogP contribution < -0.4 is 10.3 Å². The lowest BCUT2D eigenvalue weighted by Crippen LogP contribution is -2.21. The quantitative estimate of drug-likeness (QED) is 0.168. The summed E-state index contributed by atoms with van der Waals surface area (Å²) in [6.07, 6.45) is 5.00. The molecule has 0 amide bonds. The number of aromatic nitrogens is 4. The van der Waals surface area contributed by atoms with Gasteiger partial charge >= 0.3 is 0 Å². The summed E-state index contributed by atoms with van der Waals surface area (Å²) in [7, 11) is 0. The number of aryl methyl sites for hydroxylation is 1. The fourth-order valence-electron chi connectivity index (χ4n) is 4.23. The number of azide groups is 1. The Balaban J connectivity index is 1.71. The largest absolute Gasteiger partial charge is 0.493 e. The molecule has 0 radical (unpaired) electrons. The molecule has 0 saturated heterocycles. The second-order valence-electron chi connectivity index (χ2n) is 8.47. The van der Waals surface area contributed by atoms with E-state index in [1.54, 1.807) is 6.33 Å². The SMILES string of the molecule is CCCOc1ccccc1-c1nc2c(ncn2C(CCCc2ccccc2)C(C)N=[N+]=[N-])c(=O)[nH]1. The first-order valence-electron chi connectivity index (χ1n) is 11.9. The Morgan fingerprint density at radius 2 is 1.94 bits per heavy atom. The number of ether oxygens (including phenoxy) is 1. The first kappa shape index (κ1) is 24.0. The fourth-order valence-corrected chi connectivity index (χ4v) is 4.23. The summed E-state index contributed by atoms with van der Waals surface area (Å²) in [6.45, 7) is 4.48. The predicted molar refractivity (Wildman–Crippen MR) is 136 cm³/mol. The first-order chi connectivity index (χ1) is 17.1. The number of hydrogen-bond donors (Lipinski definition) is 1. The standard InChI is InChI=1S/C26H29N7O2/c1-3-16-35-22-15-8-7-13-20(22)24-29-25-23(26(34)30-24)28-17-33(25)21(18(2)31-32-27)14-9-12-19-10-5-4-6-11-19/h4-8,10-11,13,15,17-18,21H,3,9,12,14,16H2,1-2H3,(H,29,30,34). The lowest BCUT2D eigenvalue weighted by molar-refractivity contribution is 0.318. The predicted octanol–water partition coefficient (Wildman–Crippen LogP) is 5.84. The highest BCUT2D eigenvalue weighted by Gasteiger charge is 2.23. The van der Waals surface area contributed by atoms with E-state index in [2.05, 4.69) is 32.1 Å². The molecule has 0 aliphatic carbocycles. The maximum atomic E-state index is 12.9. The summed E-state index contributed by atoms with van der Waals surface area (Å²) >= 11 is 0. The maximum absolute atomic E-state index is 12.9. The Hall–Kier alpha value is -4.10. The van der Waals surface area contributed by atoms with Crippen LogP contribution in [0.25, 0.3) is 33.0 Å². The highest BCUT2D eigenvalue weighted by Crippen LogP contribution is 2.29. The Bertz CT molecular complexity index is 1370. The number of hydrogen-bond acceptors (Lipinski definition) is 5. The molecule has 0 fully saturated rings. The van der Waals surface area contributed by atoms with Crippen molar-refractivity contribution < 1.29 is 4.74 Å². The van der Waals surface area contributed by atoms with Gasteiger partial charge in [-0.15, -0.1) is 0 Å². The molecule has 4 rings (SSSR count). The van der Waals surface area contributed by atoms with Crippen molar-refractivity contribution in [2.24, 2.45) is 5.11 Å². The number of nitrogens with zero attached hydrogens (tertiary/aromatic N) is 6. The molecule has 0 spiro atoms. The molecule has 0 bridgehead atoms. The smallest absolute Gasteiger partial charge is 0.279 e. The second kappa shape index (κ2) is 11.4. The van der Waals surface area contributed by atoms with Crippen LogP contribution in [0.4, 0.5) is 0 Å². The molecule has 0 aliphatic rings. The fraction of sp³-hybridized carbons (Fsp3) is 0.346. The summed E-state index contributed by atoms with van der Waals surface area (Å²) in [6, 6.07) is 17.2. The molecule has 0 saturated carbocycles. The molecule has 2 aromatic heterocycles. The van der Waals surface area contributed by atoms with Crippen LogP contribution in [0.3, 0.4) is 0 Å². The summed E-state index contributed by atoms with van der Waals surface area (Å²) in [5, 5.41) is 3.96. The number of benzene rings is 2. The van der Waals surface area contributed by atoms with Crippen molar-refractivity contribution >= 4 is 11.2 Å². The minimum atomic E-state index is -0.349. The average molecular weight is 472 g/mol. The Morgan fingerprint density at radius 3 is 2.71 bits per heavy atom. The van der Waals surface area contributed by atoms with E-state index in [-0.39, 0.29) is 23.2 Å². The third-order valence-electron chi connectivity index (χ3n) is 5.99. The third kappa shape index (κ3) is 5.53. The van der Waals surface area contributed by atoms with Crippen LogP contribution >= 0.6 is 0 Å². The number of aromatic amines is 1. The minimum absolute atomic E-state index is 0.201. The van der Waals surface area contributed by atoms with Crippen LogP contribution in [-0.4, -0.2) is 32.2 Å². The van der Waals surface area contributed by atoms with Gasteiger partial charge < -0.3 is 14.3 Å². The molecule has 4 aromatic rings. The number of fused-ring (bicyclic) bond motifs is 1. The van der Waals surface area contributed by atoms with Gasteiger partial charge in [0.15, 0.2) is 11.2 Å². The van der Waals surface area contributed by atoms with Crippen molar-refractivity contribution in [1.82, 2.24) is 19.5 Å². The molecule has 9 nitrogen and oxygen atoms in total. The van der Waals surface area contributed by atoms with Crippen molar-refractivity contribution in [3.63, 3.8) is 0 Å². The summed E-state index contributed by atoms with van der Waals surface area (Å²) in [5.41, 5.74) is 11.4. The van der Waals surface area contributed by atoms with Gasteiger partial charge in [-0.1, -0.05) is 61.4 Å². The molecular weight excluding hydrogens is 442 g/mol. The topological polar surface area (TPSA) is 122 Å².